The second-order valence-electron chi connectivity index (χ2n) is 13.2. The molecule has 8 rings (SSSR count). The minimum Gasteiger partial charge on any atom is -0.464 e. The molecule has 2 bridgehead atoms. The van der Waals surface area contributed by atoms with Crippen LogP contribution in [0, 0.1) is 23.1 Å². The molecule has 3 aliphatic carbocycles. The monoisotopic (exact) mass is 596 g/mol. The fourth-order valence-electron chi connectivity index (χ4n) is 7.90. The van der Waals surface area contributed by atoms with Gasteiger partial charge in [-0.25, -0.2) is 17.5 Å². The van der Waals surface area contributed by atoms with E-state index >= 15 is 0 Å². The van der Waals surface area contributed by atoms with Crippen LogP contribution in [0.15, 0.2) is 53.1 Å². The summed E-state index contributed by atoms with van der Waals surface area (Å²) >= 11 is 0. The zero-order chi connectivity index (χ0) is 29.3. The first-order valence-electron chi connectivity index (χ1n) is 14.9. The van der Waals surface area contributed by atoms with Gasteiger partial charge in [0.15, 0.2) is 0 Å². The molecule has 5 aliphatic rings. The molecule has 11 heteroatoms. The van der Waals surface area contributed by atoms with Crippen LogP contribution in [0.5, 0.6) is 0 Å². The van der Waals surface area contributed by atoms with Crippen LogP contribution >= 0.6 is 0 Å². The van der Waals surface area contributed by atoms with Crippen LogP contribution in [0.3, 0.4) is 0 Å². The topological polar surface area (TPSA) is 90.2 Å². The molecule has 3 aromatic rings. The fourth-order valence-corrected chi connectivity index (χ4v) is 9.25. The second-order valence-corrected chi connectivity index (χ2v) is 15.0. The molecule has 2 aliphatic heterocycles. The molecule has 1 N–H and O–H groups in total. The van der Waals surface area contributed by atoms with E-state index in [4.69, 9.17) is 18.5 Å². The van der Waals surface area contributed by atoms with Crippen molar-refractivity contribution >= 4 is 33.8 Å². The lowest BCUT2D eigenvalue weighted by molar-refractivity contribution is -0.199. The van der Waals surface area contributed by atoms with E-state index in [1.807, 2.05) is 29.2 Å². The summed E-state index contributed by atoms with van der Waals surface area (Å²) in [6.45, 7) is 9.08. The average Bonchev–Trinajstić information content (AvgIpc) is 3.52. The minimum absolute atomic E-state index is 0.0910. The smallest absolute Gasteiger partial charge is 0.464 e. The normalized spacial score (nSPS) is 29.4. The molecule has 42 heavy (non-hydrogen) atoms. The van der Waals surface area contributed by atoms with Crippen LogP contribution in [0.4, 0.5) is 10.1 Å². The first kappa shape index (κ1) is 28.3. The summed E-state index contributed by atoms with van der Waals surface area (Å²) in [7, 11) is -4.69. The van der Waals surface area contributed by atoms with Gasteiger partial charge in [-0.15, -0.1) is 0 Å². The Morgan fingerprint density at radius 3 is 2.69 bits per heavy atom. The van der Waals surface area contributed by atoms with E-state index in [0.717, 1.165) is 29.4 Å². The van der Waals surface area contributed by atoms with Crippen molar-refractivity contribution in [2.75, 3.05) is 31.2 Å². The number of nitrogens with one attached hydrogen (secondary N) is 1. The molecule has 224 valence electrons. The molecule has 2 aromatic carbocycles. The van der Waals surface area contributed by atoms with Crippen molar-refractivity contribution in [1.82, 2.24) is 4.72 Å². The van der Waals surface area contributed by atoms with E-state index < -0.39 is 34.5 Å². The highest BCUT2D eigenvalue weighted by Crippen LogP contribution is 2.65. The number of sulfonamides is 1. The Balaban J connectivity index is 1.16. The highest BCUT2D eigenvalue weighted by atomic mass is 32.2. The number of anilines is 1. The van der Waals surface area contributed by atoms with Crippen molar-refractivity contribution < 1.29 is 31.3 Å². The Bertz CT molecular complexity index is 1590. The van der Waals surface area contributed by atoms with Gasteiger partial charge in [-0.1, -0.05) is 32.0 Å². The van der Waals surface area contributed by atoms with Crippen molar-refractivity contribution in [3.05, 3.63) is 65.7 Å². The number of morpholine rings is 1. The summed E-state index contributed by atoms with van der Waals surface area (Å²) in [5.74, 6) is -0.616. The third kappa shape index (κ3) is 4.97. The van der Waals surface area contributed by atoms with Gasteiger partial charge < -0.3 is 23.4 Å². The number of rotatable bonds is 8. The number of benzene rings is 2. The van der Waals surface area contributed by atoms with Gasteiger partial charge in [-0.05, 0) is 78.8 Å². The Hall–Kier alpha value is -2.44. The highest BCUT2D eigenvalue weighted by Gasteiger charge is 2.68. The number of furan rings is 1. The molecular formula is C31H38BFN2O6S. The van der Waals surface area contributed by atoms with E-state index in [-0.39, 0.29) is 17.3 Å². The molecule has 3 heterocycles. The maximum absolute atomic E-state index is 14.7. The molecule has 3 saturated carbocycles. The summed E-state index contributed by atoms with van der Waals surface area (Å²) < 4.78 is 69.5. The van der Waals surface area contributed by atoms with Gasteiger partial charge in [0.2, 0.25) is 10.0 Å². The standard InChI is InChI=1S/C31H38BFN2O6S/c1-30(2)22-15-27(30)31(3)28(16-22)40-32(41-31)29(14-21-18-39-26-7-5-4-6-25(21)26)34-42(36,37)19-20-12-23(33)17-24(13-20)35-8-10-38-11-9-35/h4-7,12-13,17-18,22,27-29,34H,8-11,14-16,19H2,1-3H3/t22-,27-,28+,29-,31-/m0/s1. The van der Waals surface area contributed by atoms with Crippen LogP contribution in [0.1, 0.15) is 44.7 Å². The van der Waals surface area contributed by atoms with Gasteiger partial charge in [0, 0.05) is 24.2 Å². The second kappa shape index (κ2) is 10.3. The summed E-state index contributed by atoms with van der Waals surface area (Å²) in [4.78, 5) is 2.01. The lowest BCUT2D eigenvalue weighted by Crippen LogP contribution is -2.65. The van der Waals surface area contributed by atoms with Gasteiger partial charge in [0.25, 0.3) is 0 Å². The first-order valence-corrected chi connectivity index (χ1v) is 16.6. The zero-order valence-corrected chi connectivity index (χ0v) is 25.2. The van der Waals surface area contributed by atoms with Gasteiger partial charge in [-0.2, -0.15) is 0 Å². The number of para-hydroxylation sites is 1. The predicted molar refractivity (Wildman–Crippen MR) is 159 cm³/mol. The number of hydrogen-bond donors (Lipinski definition) is 1. The third-order valence-electron chi connectivity index (χ3n) is 10.3. The van der Waals surface area contributed by atoms with Crippen LogP contribution in [0.25, 0.3) is 11.0 Å². The molecule has 8 nitrogen and oxygen atoms in total. The molecule has 1 aromatic heterocycles. The maximum atomic E-state index is 14.7. The van der Waals surface area contributed by atoms with Gasteiger partial charge in [-0.3, -0.25) is 0 Å². The summed E-state index contributed by atoms with van der Waals surface area (Å²) in [6, 6.07) is 12.2. The molecule has 5 atom stereocenters. The summed E-state index contributed by atoms with van der Waals surface area (Å²) in [6.07, 6.45) is 3.91. The van der Waals surface area contributed by atoms with Crippen LogP contribution in [0.2, 0.25) is 0 Å². The van der Waals surface area contributed by atoms with E-state index in [1.54, 1.807) is 12.3 Å². The van der Waals surface area contributed by atoms with E-state index in [2.05, 4.69) is 25.5 Å². The molecule has 5 fully saturated rings. The Kier molecular flexibility index (Phi) is 6.97. The molecule has 0 radical (unpaired) electrons. The third-order valence-corrected chi connectivity index (χ3v) is 11.7. The summed E-state index contributed by atoms with van der Waals surface area (Å²) in [5, 5.41) is 0.923. The average molecular weight is 597 g/mol. The van der Waals surface area contributed by atoms with Crippen molar-refractivity contribution in [3.8, 4) is 0 Å². The van der Waals surface area contributed by atoms with Crippen molar-refractivity contribution in [2.24, 2.45) is 17.3 Å². The fraction of sp³-hybridized carbons (Fsp3) is 0.548. The first-order chi connectivity index (χ1) is 20.0. The minimum atomic E-state index is -3.92. The number of halogens is 1. The number of fused-ring (bicyclic) bond motifs is 1. The quantitative estimate of drug-likeness (QED) is 0.377. The van der Waals surface area contributed by atoms with Crippen LogP contribution in [-0.2, 0) is 36.2 Å². The molecular weight excluding hydrogens is 558 g/mol. The Morgan fingerprint density at radius 1 is 1.12 bits per heavy atom. The maximum Gasteiger partial charge on any atom is 0.477 e. The van der Waals surface area contributed by atoms with E-state index in [9.17, 15) is 12.8 Å². The molecule has 2 saturated heterocycles. The van der Waals surface area contributed by atoms with Crippen LogP contribution < -0.4 is 9.62 Å². The molecule has 0 spiro atoms. The lowest BCUT2D eigenvalue weighted by atomic mass is 9.43. The van der Waals surface area contributed by atoms with Crippen LogP contribution in [-0.4, -0.2) is 59.5 Å². The SMILES string of the molecule is CC1(C)[C@@H]2C[C@H]3OB([C@H](Cc4coc5ccccc45)NS(=O)(=O)Cc4cc(F)cc(N5CCOCC5)c4)O[C@@]3(C)[C@H]1C2. The number of nitrogens with zero attached hydrogens (tertiary/aromatic N) is 1. The lowest BCUT2D eigenvalue weighted by Gasteiger charge is -2.64. The number of hydrogen-bond acceptors (Lipinski definition) is 7. The molecule has 0 unspecified atom stereocenters. The molecule has 0 amide bonds. The highest BCUT2D eigenvalue weighted by molar-refractivity contribution is 7.88. The van der Waals surface area contributed by atoms with E-state index in [1.165, 1.54) is 12.1 Å². The van der Waals surface area contributed by atoms with Crippen molar-refractivity contribution in [2.45, 2.75) is 63.4 Å². The van der Waals surface area contributed by atoms with Gasteiger partial charge in [0.05, 0.1) is 42.9 Å². The predicted octanol–water partition coefficient (Wildman–Crippen LogP) is 4.71. The van der Waals surface area contributed by atoms with Gasteiger partial charge in [0.1, 0.15) is 11.4 Å². The Morgan fingerprint density at radius 2 is 1.90 bits per heavy atom. The Labute approximate surface area is 247 Å². The van der Waals surface area contributed by atoms with Gasteiger partial charge >= 0.3 is 7.12 Å². The number of ether oxygens (including phenoxy) is 1. The largest absolute Gasteiger partial charge is 0.477 e. The van der Waals surface area contributed by atoms with Crippen molar-refractivity contribution in [3.63, 3.8) is 0 Å². The van der Waals surface area contributed by atoms with Crippen molar-refractivity contribution in [1.29, 1.82) is 0 Å². The summed E-state index contributed by atoms with van der Waals surface area (Å²) in [5.41, 5.74) is 2.32. The zero-order valence-electron chi connectivity index (χ0n) is 24.3. The van der Waals surface area contributed by atoms with E-state index in [0.29, 0.717) is 55.8 Å².